The van der Waals surface area contributed by atoms with Crippen LogP contribution in [0, 0.1) is 0 Å². The van der Waals surface area contributed by atoms with E-state index >= 15 is 0 Å². The number of phenols is 1. The van der Waals surface area contributed by atoms with Gasteiger partial charge < -0.3 is 5.11 Å². The van der Waals surface area contributed by atoms with Crippen LogP contribution < -0.4 is 0 Å². The first-order valence-corrected chi connectivity index (χ1v) is 20.5. The fourth-order valence-corrected chi connectivity index (χ4v) is 7.41. The fourth-order valence-electron chi connectivity index (χ4n) is 7.41. The minimum atomic E-state index is -0.299. The Kier molecular flexibility index (Phi) is 10.3. The third-order valence-corrected chi connectivity index (χ3v) is 11.3. The second-order valence-corrected chi connectivity index (χ2v) is 21.4. The van der Waals surface area contributed by atoms with E-state index < -0.39 is 0 Å². The van der Waals surface area contributed by atoms with Crippen LogP contribution in [0.15, 0.2) is 91.6 Å². The number of pyridine rings is 1. The lowest BCUT2D eigenvalue weighted by Gasteiger charge is -2.28. The Morgan fingerprint density at radius 2 is 1.12 bits per heavy atom. The van der Waals surface area contributed by atoms with E-state index in [1.807, 2.05) is 19.2 Å². The Labute approximate surface area is 343 Å². The number of hydrogen-bond acceptors (Lipinski definition) is 3. The summed E-state index contributed by atoms with van der Waals surface area (Å²) in [5.41, 5.74) is 14.8. The van der Waals surface area contributed by atoms with Crippen LogP contribution in [0.2, 0.25) is 0 Å². The maximum atomic E-state index is 12.4. The number of phenolic OH excluding ortho intramolecular Hbond substituents is 1. The molecule has 0 fully saturated rings. The van der Waals surface area contributed by atoms with Gasteiger partial charge in [-0.3, -0.25) is 9.55 Å². The lowest BCUT2D eigenvalue weighted by Crippen LogP contribution is -2.18. The summed E-state index contributed by atoms with van der Waals surface area (Å²) in [6, 6.07) is 28.8. The van der Waals surface area contributed by atoms with Gasteiger partial charge in [0.25, 0.3) is 0 Å². The van der Waals surface area contributed by atoms with E-state index in [1.165, 1.54) is 16.7 Å². The van der Waals surface area contributed by atoms with Crippen LogP contribution in [0.5, 0.6) is 5.75 Å². The summed E-state index contributed by atoms with van der Waals surface area (Å²) in [7, 11) is 0. The average Bonchev–Trinajstić information content (AvgIpc) is 3.49. The first kappa shape index (κ1) is 41.7. The molecule has 57 heavy (non-hydrogen) atoms. The van der Waals surface area contributed by atoms with Gasteiger partial charge in [-0.25, -0.2) is 4.98 Å². The monoisotopic (exact) mass is 760 g/mol. The van der Waals surface area contributed by atoms with Crippen LogP contribution >= 0.6 is 0 Å². The summed E-state index contributed by atoms with van der Waals surface area (Å²) in [5.74, 6) is 0.998. The standard InChI is InChI=1S/C53H65N3O/c1-32(2)33-21-22-54-44(26-33)35-23-34(24-36(25-35)49(3,4)5)41-19-18-20-45-46(41)55-48(42-30-39(52(12,13)14)31-43(47(42)57)53(15,16)17)56(45)40-28-37(50(6,7)8)27-38(29-40)51(9,10)11/h18-31,57H,1H2,2-17H3. The molecule has 0 aliphatic carbocycles. The Balaban J connectivity index is 1.78. The number of rotatable bonds is 5. The van der Waals surface area contributed by atoms with Gasteiger partial charge in [0.1, 0.15) is 11.6 Å². The van der Waals surface area contributed by atoms with Crippen molar-refractivity contribution >= 4 is 16.6 Å². The van der Waals surface area contributed by atoms with Gasteiger partial charge in [-0.05, 0) is 116 Å². The second-order valence-electron chi connectivity index (χ2n) is 21.4. The van der Waals surface area contributed by atoms with Crippen molar-refractivity contribution < 1.29 is 5.11 Å². The zero-order chi connectivity index (χ0) is 42.2. The topological polar surface area (TPSA) is 50.9 Å². The van der Waals surface area contributed by atoms with Crippen molar-refractivity contribution in [2.24, 2.45) is 0 Å². The Morgan fingerprint density at radius 3 is 1.67 bits per heavy atom. The summed E-state index contributed by atoms with van der Waals surface area (Å²) in [6.07, 6.45) is 1.87. The molecule has 0 saturated heterocycles. The SMILES string of the molecule is C=C(C)c1ccnc(-c2cc(-c3cccc4c3nc(-c3cc(C(C)(C)C)cc(C(C)(C)C)c3O)n4-c3cc(C(C)(C)C)cc(C(C)(C)C)c3)cc(C(C)(C)C)c2)c1. The molecular weight excluding hydrogens is 695 g/mol. The number of hydrogen-bond donors (Lipinski definition) is 1. The van der Waals surface area contributed by atoms with Gasteiger partial charge >= 0.3 is 0 Å². The van der Waals surface area contributed by atoms with Gasteiger partial charge in [0.15, 0.2) is 0 Å². The summed E-state index contributed by atoms with van der Waals surface area (Å²) < 4.78 is 2.30. The fraction of sp³-hybridized carbons (Fsp3) is 0.396. The van der Waals surface area contributed by atoms with Gasteiger partial charge in [-0.15, -0.1) is 0 Å². The highest BCUT2D eigenvalue weighted by Crippen LogP contribution is 2.45. The zero-order valence-corrected chi connectivity index (χ0v) is 37.6. The third-order valence-electron chi connectivity index (χ3n) is 11.3. The van der Waals surface area contributed by atoms with Crippen LogP contribution in [0.3, 0.4) is 0 Å². The van der Waals surface area contributed by atoms with Gasteiger partial charge in [-0.1, -0.05) is 146 Å². The molecule has 0 aliphatic rings. The van der Waals surface area contributed by atoms with Crippen LogP contribution in [0.1, 0.15) is 144 Å². The quantitative estimate of drug-likeness (QED) is 0.190. The Bertz CT molecular complexity index is 2480. The molecule has 0 aliphatic heterocycles. The molecule has 4 aromatic carbocycles. The van der Waals surface area contributed by atoms with Gasteiger partial charge in [-0.2, -0.15) is 0 Å². The normalized spacial score (nSPS) is 13.1. The first-order valence-electron chi connectivity index (χ1n) is 20.5. The van der Waals surface area contributed by atoms with Crippen molar-refractivity contribution in [2.75, 3.05) is 0 Å². The van der Waals surface area contributed by atoms with Crippen LogP contribution in [-0.4, -0.2) is 19.6 Å². The van der Waals surface area contributed by atoms with Crippen molar-refractivity contribution in [3.63, 3.8) is 0 Å². The van der Waals surface area contributed by atoms with Crippen LogP contribution in [0.25, 0.3) is 56.1 Å². The van der Waals surface area contributed by atoms with Crippen LogP contribution in [-0.2, 0) is 27.1 Å². The third kappa shape index (κ3) is 8.38. The minimum Gasteiger partial charge on any atom is -0.507 e. The summed E-state index contributed by atoms with van der Waals surface area (Å²) in [4.78, 5) is 10.5. The molecule has 0 radical (unpaired) electrons. The number of allylic oxidation sites excluding steroid dienone is 1. The predicted molar refractivity (Wildman–Crippen MR) is 245 cm³/mol. The maximum Gasteiger partial charge on any atom is 0.149 e. The number of fused-ring (bicyclic) bond motifs is 1. The maximum absolute atomic E-state index is 12.4. The molecule has 4 nitrogen and oxygen atoms in total. The zero-order valence-electron chi connectivity index (χ0n) is 37.6. The van der Waals surface area contributed by atoms with Crippen molar-refractivity contribution in [1.29, 1.82) is 0 Å². The largest absolute Gasteiger partial charge is 0.507 e. The second kappa shape index (κ2) is 14.1. The van der Waals surface area contributed by atoms with E-state index in [1.54, 1.807) is 0 Å². The molecule has 2 heterocycles. The first-order chi connectivity index (χ1) is 26.1. The minimum absolute atomic E-state index is 0.0926. The lowest BCUT2D eigenvalue weighted by atomic mass is 9.78. The van der Waals surface area contributed by atoms with Gasteiger partial charge in [0.2, 0.25) is 0 Å². The summed E-state index contributed by atoms with van der Waals surface area (Å²) in [5, 5.41) is 12.4. The number of aromatic nitrogens is 3. The lowest BCUT2D eigenvalue weighted by molar-refractivity contribution is 0.446. The predicted octanol–water partition coefficient (Wildman–Crippen LogP) is 14.6. The molecule has 6 aromatic rings. The molecule has 2 aromatic heterocycles. The van der Waals surface area contributed by atoms with E-state index in [0.29, 0.717) is 0 Å². The molecule has 298 valence electrons. The Morgan fingerprint density at radius 1 is 0.579 bits per heavy atom. The molecule has 0 saturated carbocycles. The van der Waals surface area contributed by atoms with Crippen molar-refractivity contribution in [1.82, 2.24) is 14.5 Å². The highest BCUT2D eigenvalue weighted by molar-refractivity contribution is 5.97. The van der Waals surface area contributed by atoms with E-state index in [4.69, 9.17) is 9.97 Å². The smallest absolute Gasteiger partial charge is 0.149 e. The highest BCUT2D eigenvalue weighted by Gasteiger charge is 2.30. The summed E-state index contributed by atoms with van der Waals surface area (Å²) >= 11 is 0. The molecule has 1 N–H and O–H groups in total. The van der Waals surface area contributed by atoms with Crippen molar-refractivity contribution in [3.05, 3.63) is 125 Å². The number of benzene rings is 4. The molecular formula is C53H65N3O. The Hall–Kier alpha value is -4.96. The number of para-hydroxylation sites is 1. The van der Waals surface area contributed by atoms with E-state index in [2.05, 4.69) is 188 Å². The van der Waals surface area contributed by atoms with Gasteiger partial charge in [0, 0.05) is 28.6 Å². The average molecular weight is 760 g/mol. The van der Waals surface area contributed by atoms with Gasteiger partial charge in [0.05, 0.1) is 22.3 Å². The molecule has 0 unspecified atom stereocenters. The summed E-state index contributed by atoms with van der Waals surface area (Å²) in [6.45, 7) is 39.9. The number of aromatic hydroxyl groups is 1. The van der Waals surface area contributed by atoms with E-state index in [0.717, 1.165) is 72.8 Å². The van der Waals surface area contributed by atoms with E-state index in [-0.39, 0.29) is 32.8 Å². The van der Waals surface area contributed by atoms with Crippen molar-refractivity contribution in [3.8, 4) is 45.2 Å². The molecule has 4 heteroatoms. The van der Waals surface area contributed by atoms with Crippen LogP contribution in [0.4, 0.5) is 0 Å². The molecule has 6 rings (SSSR count). The van der Waals surface area contributed by atoms with Crippen molar-refractivity contribution in [2.45, 2.75) is 138 Å². The van der Waals surface area contributed by atoms with E-state index in [9.17, 15) is 5.11 Å². The number of nitrogens with zero attached hydrogens (tertiary/aromatic N) is 3. The number of imidazole rings is 1. The molecule has 0 amide bonds. The molecule has 0 atom stereocenters. The molecule has 0 spiro atoms. The molecule has 0 bridgehead atoms. The highest BCUT2D eigenvalue weighted by atomic mass is 16.3.